The summed E-state index contributed by atoms with van der Waals surface area (Å²) < 4.78 is 3.09. The maximum atomic E-state index is 13.1. The highest BCUT2D eigenvalue weighted by molar-refractivity contribution is 9.10. The zero-order chi connectivity index (χ0) is 15.0. The first kappa shape index (κ1) is 15.1. The van der Waals surface area contributed by atoms with Gasteiger partial charge in [-0.2, -0.15) is 0 Å². The van der Waals surface area contributed by atoms with Gasteiger partial charge in [0.05, 0.1) is 0 Å². The standard InChI is InChI=1S/C17H25BrN2O/c1-12(2)20-11-14(18)10-16(20)17(21)19-9-5-7-13-6-3-4-8-15(13)19/h10-13,15H,3-9H2,1-2H3/t13-,15-/m1/s1. The highest BCUT2D eigenvalue weighted by Gasteiger charge is 2.36. The van der Waals surface area contributed by atoms with Crippen molar-refractivity contribution in [2.24, 2.45) is 5.92 Å². The van der Waals surface area contributed by atoms with Crippen LogP contribution in [0.25, 0.3) is 0 Å². The SMILES string of the molecule is CC(C)n1cc(Br)cc1C(=O)N1CCC[C@H]2CCCC[C@H]21. The lowest BCUT2D eigenvalue weighted by atomic mass is 9.78. The first-order valence-corrected chi connectivity index (χ1v) is 9.05. The number of likely N-dealkylation sites (tertiary alicyclic amines) is 1. The molecule has 1 aliphatic carbocycles. The Balaban J connectivity index is 1.87. The Labute approximate surface area is 135 Å². The highest BCUT2D eigenvalue weighted by atomic mass is 79.9. The summed E-state index contributed by atoms with van der Waals surface area (Å²) in [6.45, 7) is 5.19. The van der Waals surface area contributed by atoms with Crippen LogP contribution in [0.15, 0.2) is 16.7 Å². The van der Waals surface area contributed by atoms with Crippen molar-refractivity contribution >= 4 is 21.8 Å². The van der Waals surface area contributed by atoms with Gasteiger partial charge in [0.25, 0.3) is 5.91 Å². The number of carbonyl (C=O) groups is 1. The van der Waals surface area contributed by atoms with Crippen molar-refractivity contribution in [1.29, 1.82) is 0 Å². The third-order valence-electron chi connectivity index (χ3n) is 5.09. The Morgan fingerprint density at radius 3 is 2.71 bits per heavy atom. The van der Waals surface area contributed by atoms with Crippen LogP contribution in [0.4, 0.5) is 0 Å². The quantitative estimate of drug-likeness (QED) is 0.761. The van der Waals surface area contributed by atoms with Gasteiger partial charge < -0.3 is 9.47 Å². The normalized spacial score (nSPS) is 26.0. The molecule has 2 heterocycles. The van der Waals surface area contributed by atoms with Crippen molar-refractivity contribution in [1.82, 2.24) is 9.47 Å². The van der Waals surface area contributed by atoms with Gasteiger partial charge in [-0.05, 0) is 67.4 Å². The average molecular weight is 353 g/mol. The molecule has 0 bridgehead atoms. The first-order valence-electron chi connectivity index (χ1n) is 8.26. The van der Waals surface area contributed by atoms with E-state index >= 15 is 0 Å². The van der Waals surface area contributed by atoms with Crippen LogP contribution in [-0.4, -0.2) is 28.0 Å². The van der Waals surface area contributed by atoms with Gasteiger partial charge in [0, 0.05) is 29.3 Å². The number of hydrogen-bond donors (Lipinski definition) is 0. The third kappa shape index (κ3) is 2.92. The molecule has 116 valence electrons. The average Bonchev–Trinajstić information content (AvgIpc) is 2.88. The summed E-state index contributed by atoms with van der Waals surface area (Å²) in [6.07, 6.45) is 9.63. The minimum atomic E-state index is 0.228. The van der Waals surface area contributed by atoms with Crippen molar-refractivity contribution in [3.05, 3.63) is 22.4 Å². The van der Waals surface area contributed by atoms with E-state index in [1.807, 2.05) is 12.3 Å². The van der Waals surface area contributed by atoms with Crippen LogP contribution in [0.5, 0.6) is 0 Å². The lowest BCUT2D eigenvalue weighted by molar-refractivity contribution is 0.0379. The molecule has 1 aromatic rings. The van der Waals surface area contributed by atoms with Gasteiger partial charge in [-0.15, -0.1) is 0 Å². The molecule has 3 rings (SSSR count). The number of fused-ring (bicyclic) bond motifs is 1. The zero-order valence-electron chi connectivity index (χ0n) is 13.0. The monoisotopic (exact) mass is 352 g/mol. The van der Waals surface area contributed by atoms with Crippen LogP contribution in [0.2, 0.25) is 0 Å². The molecule has 0 radical (unpaired) electrons. The molecule has 21 heavy (non-hydrogen) atoms. The van der Waals surface area contributed by atoms with E-state index in [1.54, 1.807) is 0 Å². The van der Waals surface area contributed by atoms with Crippen LogP contribution in [0, 0.1) is 5.92 Å². The predicted octanol–water partition coefficient (Wildman–Crippen LogP) is 4.63. The number of carbonyl (C=O) groups excluding carboxylic acids is 1. The zero-order valence-corrected chi connectivity index (χ0v) is 14.6. The Hall–Kier alpha value is -0.770. The fourth-order valence-corrected chi connectivity index (χ4v) is 4.51. The Morgan fingerprint density at radius 2 is 1.95 bits per heavy atom. The molecular weight excluding hydrogens is 328 g/mol. The van der Waals surface area contributed by atoms with Gasteiger partial charge in [-0.1, -0.05) is 12.8 Å². The number of halogens is 1. The van der Waals surface area contributed by atoms with E-state index in [4.69, 9.17) is 0 Å². The van der Waals surface area contributed by atoms with Crippen molar-refractivity contribution in [2.75, 3.05) is 6.54 Å². The number of amides is 1. The molecule has 2 aliphatic rings. The van der Waals surface area contributed by atoms with Gasteiger partial charge in [-0.25, -0.2) is 0 Å². The Kier molecular flexibility index (Phi) is 4.43. The summed E-state index contributed by atoms with van der Waals surface area (Å²) in [7, 11) is 0. The van der Waals surface area contributed by atoms with E-state index in [-0.39, 0.29) is 5.91 Å². The fraction of sp³-hybridized carbons (Fsp3) is 0.706. The smallest absolute Gasteiger partial charge is 0.270 e. The van der Waals surface area contributed by atoms with Gasteiger partial charge in [0.15, 0.2) is 0 Å². The van der Waals surface area contributed by atoms with E-state index in [2.05, 4.69) is 39.2 Å². The second-order valence-electron chi connectivity index (χ2n) is 6.80. The largest absolute Gasteiger partial charge is 0.340 e. The molecule has 1 amide bonds. The van der Waals surface area contributed by atoms with Crippen molar-refractivity contribution < 1.29 is 4.79 Å². The summed E-state index contributed by atoms with van der Waals surface area (Å²) in [5.41, 5.74) is 0.836. The molecular formula is C17H25BrN2O. The molecule has 1 saturated carbocycles. The lowest BCUT2D eigenvalue weighted by Gasteiger charge is -2.44. The summed E-state index contributed by atoms with van der Waals surface area (Å²) in [5, 5.41) is 0. The lowest BCUT2D eigenvalue weighted by Crippen LogP contribution is -2.50. The van der Waals surface area contributed by atoms with Crippen molar-refractivity contribution in [3.8, 4) is 0 Å². The fourth-order valence-electron chi connectivity index (χ4n) is 4.07. The molecule has 1 aromatic heterocycles. The summed E-state index contributed by atoms with van der Waals surface area (Å²) in [5.74, 6) is 0.966. The number of nitrogens with zero attached hydrogens (tertiary/aromatic N) is 2. The molecule has 0 unspecified atom stereocenters. The van der Waals surface area contributed by atoms with Gasteiger partial charge >= 0.3 is 0 Å². The molecule has 3 nitrogen and oxygen atoms in total. The molecule has 1 saturated heterocycles. The number of piperidine rings is 1. The summed E-state index contributed by atoms with van der Waals surface area (Å²) >= 11 is 3.52. The molecule has 4 heteroatoms. The van der Waals surface area contributed by atoms with Crippen molar-refractivity contribution in [2.45, 2.75) is 64.5 Å². The minimum absolute atomic E-state index is 0.228. The first-order chi connectivity index (χ1) is 10.1. The predicted molar refractivity (Wildman–Crippen MR) is 88.5 cm³/mol. The van der Waals surface area contributed by atoms with Gasteiger partial charge in [0.2, 0.25) is 0 Å². The van der Waals surface area contributed by atoms with Gasteiger partial charge in [-0.3, -0.25) is 4.79 Å². The minimum Gasteiger partial charge on any atom is -0.340 e. The maximum absolute atomic E-state index is 13.1. The van der Waals surface area contributed by atoms with Crippen molar-refractivity contribution in [3.63, 3.8) is 0 Å². The van der Waals surface area contributed by atoms with Crippen LogP contribution >= 0.6 is 15.9 Å². The van der Waals surface area contributed by atoms with Crippen LogP contribution in [0.1, 0.15) is 68.9 Å². The molecule has 1 aliphatic heterocycles. The van der Waals surface area contributed by atoms with E-state index in [0.29, 0.717) is 12.1 Å². The highest BCUT2D eigenvalue weighted by Crippen LogP contribution is 2.36. The van der Waals surface area contributed by atoms with Crippen LogP contribution in [0.3, 0.4) is 0 Å². The second kappa shape index (κ2) is 6.15. The van der Waals surface area contributed by atoms with E-state index in [0.717, 1.165) is 29.1 Å². The topological polar surface area (TPSA) is 25.2 Å². The molecule has 0 spiro atoms. The van der Waals surface area contributed by atoms with E-state index in [1.165, 1.54) is 32.1 Å². The molecule has 0 aromatic carbocycles. The molecule has 0 N–H and O–H groups in total. The number of hydrogen-bond acceptors (Lipinski definition) is 1. The van der Waals surface area contributed by atoms with Gasteiger partial charge in [0.1, 0.15) is 5.69 Å². The number of rotatable bonds is 2. The Morgan fingerprint density at radius 1 is 1.24 bits per heavy atom. The maximum Gasteiger partial charge on any atom is 0.270 e. The number of aromatic nitrogens is 1. The summed E-state index contributed by atoms with van der Waals surface area (Å²) in [4.78, 5) is 15.3. The summed E-state index contributed by atoms with van der Waals surface area (Å²) in [6, 6.07) is 2.77. The third-order valence-corrected chi connectivity index (χ3v) is 5.53. The van der Waals surface area contributed by atoms with Crippen LogP contribution in [-0.2, 0) is 0 Å². The second-order valence-corrected chi connectivity index (χ2v) is 7.71. The van der Waals surface area contributed by atoms with Crippen LogP contribution < -0.4 is 0 Å². The molecule has 2 atom stereocenters. The molecule has 2 fully saturated rings. The van der Waals surface area contributed by atoms with E-state index in [9.17, 15) is 4.79 Å². The Bertz CT molecular complexity index is 521. The van der Waals surface area contributed by atoms with E-state index < -0.39 is 0 Å².